The van der Waals surface area contributed by atoms with Crippen molar-refractivity contribution in [1.29, 1.82) is 0 Å². The molecule has 0 aliphatic heterocycles. The molecule has 3 N–H and O–H groups in total. The molecule has 4 nitrogen and oxygen atoms in total. The lowest BCUT2D eigenvalue weighted by Gasteiger charge is -2.11. The van der Waals surface area contributed by atoms with Crippen molar-refractivity contribution in [2.24, 2.45) is 0 Å². The lowest BCUT2D eigenvalue weighted by molar-refractivity contribution is 0.245. The Balaban J connectivity index is 2.05. The number of aromatic nitrogens is 1. The number of hydrogen-bond donors (Lipinski definition) is 2. The SMILES string of the molecule is CC(C)Oc1c(N)nsc1NCc1ccc(Br)cc1. The number of nitrogens with zero attached hydrogens (tertiary/aromatic N) is 1. The van der Waals surface area contributed by atoms with Gasteiger partial charge in [0.2, 0.25) is 0 Å². The maximum atomic E-state index is 5.81. The summed E-state index contributed by atoms with van der Waals surface area (Å²) < 4.78 is 10.9. The van der Waals surface area contributed by atoms with Crippen LogP contribution in [0.1, 0.15) is 19.4 Å². The van der Waals surface area contributed by atoms with E-state index < -0.39 is 0 Å². The molecule has 0 atom stereocenters. The van der Waals surface area contributed by atoms with Crippen molar-refractivity contribution in [2.75, 3.05) is 11.1 Å². The van der Waals surface area contributed by atoms with Gasteiger partial charge >= 0.3 is 0 Å². The van der Waals surface area contributed by atoms with Crippen LogP contribution in [0.4, 0.5) is 10.8 Å². The van der Waals surface area contributed by atoms with Crippen molar-refractivity contribution in [3.8, 4) is 5.75 Å². The van der Waals surface area contributed by atoms with E-state index in [2.05, 4.69) is 37.8 Å². The number of benzene rings is 1. The molecule has 19 heavy (non-hydrogen) atoms. The summed E-state index contributed by atoms with van der Waals surface area (Å²) in [6.45, 7) is 4.65. The maximum Gasteiger partial charge on any atom is 0.197 e. The summed E-state index contributed by atoms with van der Waals surface area (Å²) >= 11 is 4.74. The summed E-state index contributed by atoms with van der Waals surface area (Å²) in [5.41, 5.74) is 6.99. The van der Waals surface area contributed by atoms with Gasteiger partial charge in [-0.15, -0.1) is 0 Å². The third-order valence-corrected chi connectivity index (χ3v) is 3.72. The van der Waals surface area contributed by atoms with Gasteiger partial charge in [-0.2, -0.15) is 4.37 Å². The third-order valence-electron chi connectivity index (χ3n) is 2.39. The second-order valence-corrected chi connectivity index (χ2v) is 6.06. The molecule has 0 bridgehead atoms. The number of nitrogens with one attached hydrogen (secondary N) is 1. The first-order chi connectivity index (χ1) is 9.06. The summed E-state index contributed by atoms with van der Waals surface area (Å²) in [5, 5.41) is 4.18. The van der Waals surface area contributed by atoms with E-state index in [-0.39, 0.29) is 6.10 Å². The maximum absolute atomic E-state index is 5.81. The number of anilines is 2. The predicted octanol–water partition coefficient (Wildman–Crippen LogP) is 3.89. The van der Waals surface area contributed by atoms with Crippen LogP contribution >= 0.6 is 27.5 Å². The molecule has 2 aromatic rings. The van der Waals surface area contributed by atoms with Gasteiger partial charge in [-0.1, -0.05) is 28.1 Å². The Kier molecular flexibility index (Phi) is 4.66. The molecule has 0 unspecified atom stereocenters. The summed E-state index contributed by atoms with van der Waals surface area (Å²) in [6, 6.07) is 8.15. The van der Waals surface area contributed by atoms with Crippen molar-refractivity contribution < 1.29 is 4.74 Å². The highest BCUT2D eigenvalue weighted by molar-refractivity contribution is 9.10. The molecule has 1 heterocycles. The number of ether oxygens (including phenoxy) is 1. The van der Waals surface area contributed by atoms with Crippen LogP contribution in [0.25, 0.3) is 0 Å². The number of nitrogen functional groups attached to an aromatic ring is 1. The molecule has 0 fully saturated rings. The monoisotopic (exact) mass is 341 g/mol. The van der Waals surface area contributed by atoms with Crippen LogP contribution in [-0.4, -0.2) is 10.5 Å². The highest BCUT2D eigenvalue weighted by Gasteiger charge is 2.14. The van der Waals surface area contributed by atoms with Gasteiger partial charge in [-0.3, -0.25) is 0 Å². The van der Waals surface area contributed by atoms with Crippen molar-refractivity contribution in [2.45, 2.75) is 26.5 Å². The molecule has 0 amide bonds. The van der Waals surface area contributed by atoms with Gasteiger partial charge in [0.05, 0.1) is 6.10 Å². The average molecular weight is 342 g/mol. The molecular weight excluding hydrogens is 326 g/mol. The van der Waals surface area contributed by atoms with Gasteiger partial charge in [0.15, 0.2) is 16.6 Å². The average Bonchev–Trinajstić information content (AvgIpc) is 2.70. The first-order valence-electron chi connectivity index (χ1n) is 5.96. The Morgan fingerprint density at radius 1 is 1.37 bits per heavy atom. The highest BCUT2D eigenvalue weighted by Crippen LogP contribution is 2.36. The Morgan fingerprint density at radius 2 is 2.05 bits per heavy atom. The lowest BCUT2D eigenvalue weighted by atomic mass is 10.2. The second kappa shape index (κ2) is 6.25. The molecule has 0 saturated heterocycles. The van der Waals surface area contributed by atoms with E-state index in [4.69, 9.17) is 10.5 Å². The van der Waals surface area contributed by atoms with Crippen LogP contribution < -0.4 is 15.8 Å². The highest BCUT2D eigenvalue weighted by atomic mass is 79.9. The Labute approximate surface area is 125 Å². The van der Waals surface area contributed by atoms with Gasteiger partial charge in [0.1, 0.15) is 0 Å². The smallest absolute Gasteiger partial charge is 0.197 e. The third kappa shape index (κ3) is 3.84. The minimum Gasteiger partial charge on any atom is -0.484 e. The molecule has 0 spiro atoms. The number of halogens is 1. The molecule has 2 rings (SSSR count). The molecule has 0 aliphatic carbocycles. The van der Waals surface area contributed by atoms with E-state index in [9.17, 15) is 0 Å². The number of nitrogens with two attached hydrogens (primary N) is 1. The second-order valence-electron chi connectivity index (χ2n) is 4.37. The van der Waals surface area contributed by atoms with E-state index in [1.807, 2.05) is 26.0 Å². The fourth-order valence-electron chi connectivity index (χ4n) is 1.54. The normalized spacial score (nSPS) is 10.7. The molecule has 0 radical (unpaired) electrons. The van der Waals surface area contributed by atoms with Crippen LogP contribution in [0.2, 0.25) is 0 Å². The molecule has 1 aromatic carbocycles. The van der Waals surface area contributed by atoms with Gasteiger partial charge in [0.25, 0.3) is 0 Å². The zero-order chi connectivity index (χ0) is 13.8. The molecular formula is C13H16BrN3OS. The standard InChI is InChI=1S/C13H16BrN3OS/c1-8(2)18-11-12(15)17-19-13(11)16-7-9-3-5-10(14)6-4-9/h3-6,8,16H,7H2,1-2H3,(H2,15,17). The van der Waals surface area contributed by atoms with E-state index in [0.29, 0.717) is 18.1 Å². The van der Waals surface area contributed by atoms with Crippen LogP contribution in [0, 0.1) is 0 Å². The molecule has 102 valence electrons. The van der Waals surface area contributed by atoms with Crippen LogP contribution in [0.5, 0.6) is 5.75 Å². The van der Waals surface area contributed by atoms with Crippen molar-refractivity contribution in [1.82, 2.24) is 4.37 Å². The summed E-state index contributed by atoms with van der Waals surface area (Å²) in [7, 11) is 0. The van der Waals surface area contributed by atoms with Crippen molar-refractivity contribution in [3.63, 3.8) is 0 Å². The Bertz CT molecular complexity index is 539. The Morgan fingerprint density at radius 3 is 2.68 bits per heavy atom. The predicted molar refractivity (Wildman–Crippen MR) is 83.8 cm³/mol. The zero-order valence-corrected chi connectivity index (χ0v) is 13.2. The largest absolute Gasteiger partial charge is 0.484 e. The lowest BCUT2D eigenvalue weighted by Crippen LogP contribution is -2.08. The quantitative estimate of drug-likeness (QED) is 0.866. The van der Waals surface area contributed by atoms with Gasteiger partial charge < -0.3 is 15.8 Å². The summed E-state index contributed by atoms with van der Waals surface area (Å²) in [5.74, 6) is 1.09. The van der Waals surface area contributed by atoms with Crippen LogP contribution in [-0.2, 0) is 6.54 Å². The van der Waals surface area contributed by atoms with Gasteiger partial charge in [-0.05, 0) is 43.1 Å². The van der Waals surface area contributed by atoms with Gasteiger partial charge in [-0.25, -0.2) is 0 Å². The van der Waals surface area contributed by atoms with Crippen LogP contribution in [0.15, 0.2) is 28.7 Å². The molecule has 0 saturated carbocycles. The minimum atomic E-state index is 0.0759. The Hall–Kier alpha value is -1.27. The van der Waals surface area contributed by atoms with Crippen molar-refractivity contribution in [3.05, 3.63) is 34.3 Å². The summed E-state index contributed by atoms with van der Waals surface area (Å²) in [6.07, 6.45) is 0.0759. The van der Waals surface area contributed by atoms with Gasteiger partial charge in [0, 0.05) is 11.0 Å². The van der Waals surface area contributed by atoms with Crippen molar-refractivity contribution >= 4 is 38.3 Å². The van der Waals surface area contributed by atoms with E-state index in [1.54, 1.807) is 0 Å². The zero-order valence-electron chi connectivity index (χ0n) is 10.8. The van der Waals surface area contributed by atoms with Crippen LogP contribution in [0.3, 0.4) is 0 Å². The molecule has 0 aliphatic rings. The first-order valence-corrected chi connectivity index (χ1v) is 7.53. The minimum absolute atomic E-state index is 0.0759. The molecule has 1 aromatic heterocycles. The molecule has 6 heteroatoms. The summed E-state index contributed by atoms with van der Waals surface area (Å²) in [4.78, 5) is 0. The number of hydrogen-bond acceptors (Lipinski definition) is 5. The fourth-order valence-corrected chi connectivity index (χ4v) is 2.45. The number of rotatable bonds is 5. The van der Waals surface area contributed by atoms with E-state index in [0.717, 1.165) is 9.47 Å². The fraction of sp³-hybridized carbons (Fsp3) is 0.308. The van der Waals surface area contributed by atoms with E-state index in [1.165, 1.54) is 17.1 Å². The van der Waals surface area contributed by atoms with E-state index >= 15 is 0 Å². The topological polar surface area (TPSA) is 60.2 Å². The first kappa shape index (κ1) is 14.1.